The van der Waals surface area contributed by atoms with Gasteiger partial charge in [-0.05, 0) is 20.3 Å². The molecular weight excluding hydrogens is 277 g/mol. The lowest BCUT2D eigenvalue weighted by molar-refractivity contribution is -0.144. The van der Waals surface area contributed by atoms with Crippen LogP contribution in [-0.4, -0.2) is 17.1 Å². The zero-order valence-electron chi connectivity index (χ0n) is 11.1. The first kappa shape index (κ1) is 15.9. The summed E-state index contributed by atoms with van der Waals surface area (Å²) in [7, 11) is 0. The molecule has 19 heavy (non-hydrogen) atoms. The summed E-state index contributed by atoms with van der Waals surface area (Å²) in [4.78, 5) is 16.9. The minimum absolute atomic E-state index is 0.307. The predicted molar refractivity (Wildman–Crippen MR) is 68.1 cm³/mol. The molecule has 0 aliphatic rings. The Morgan fingerprint density at radius 1 is 1.42 bits per heavy atom. The Labute approximate surface area is 114 Å². The highest BCUT2D eigenvalue weighted by Crippen LogP contribution is 2.26. The predicted octanol–water partition coefficient (Wildman–Crippen LogP) is 3.67. The van der Waals surface area contributed by atoms with Crippen molar-refractivity contribution in [3.63, 3.8) is 0 Å². The number of thiazole rings is 1. The summed E-state index contributed by atoms with van der Waals surface area (Å²) < 4.78 is 36.1. The fourth-order valence-electron chi connectivity index (χ4n) is 1.51. The van der Waals surface area contributed by atoms with Gasteiger partial charge < -0.3 is 5.32 Å². The molecule has 1 heterocycles. The standard InChI is InChI=1S/C12H17F3N2OS/c1-4-9(11-16-7(2)8(3)19-11)17-10(18)5-6-12(13,14)15/h9H,4-6H2,1-3H3,(H,17,18)/t9-/m0/s1. The summed E-state index contributed by atoms with van der Waals surface area (Å²) in [5, 5.41) is 3.35. The molecule has 0 aliphatic carbocycles. The third kappa shape index (κ3) is 5.18. The topological polar surface area (TPSA) is 42.0 Å². The lowest BCUT2D eigenvalue weighted by atomic mass is 10.2. The van der Waals surface area contributed by atoms with Crippen LogP contribution in [0, 0.1) is 13.8 Å². The quantitative estimate of drug-likeness (QED) is 0.900. The largest absolute Gasteiger partial charge is 0.389 e. The summed E-state index contributed by atoms with van der Waals surface area (Å²) >= 11 is 1.46. The second-order valence-corrected chi connectivity index (χ2v) is 5.57. The molecule has 0 saturated carbocycles. The Morgan fingerprint density at radius 2 is 2.05 bits per heavy atom. The van der Waals surface area contributed by atoms with E-state index in [1.165, 1.54) is 11.3 Å². The molecule has 0 bridgehead atoms. The Kier molecular flexibility index (Phi) is 5.34. The number of nitrogens with zero attached hydrogens (tertiary/aromatic N) is 1. The maximum absolute atomic E-state index is 12.0. The highest BCUT2D eigenvalue weighted by atomic mass is 32.1. The second kappa shape index (κ2) is 6.36. The first-order valence-corrected chi connectivity index (χ1v) is 6.84. The van der Waals surface area contributed by atoms with Gasteiger partial charge in [-0.15, -0.1) is 11.3 Å². The van der Waals surface area contributed by atoms with Crippen LogP contribution in [0.1, 0.15) is 47.8 Å². The summed E-state index contributed by atoms with van der Waals surface area (Å²) in [6.45, 7) is 5.66. The number of amides is 1. The number of alkyl halides is 3. The third-order valence-electron chi connectivity index (χ3n) is 2.72. The molecule has 108 valence electrons. The summed E-state index contributed by atoms with van der Waals surface area (Å²) in [5.41, 5.74) is 0.892. The highest BCUT2D eigenvalue weighted by molar-refractivity contribution is 7.11. The van der Waals surface area contributed by atoms with Gasteiger partial charge in [0.15, 0.2) is 0 Å². The number of aromatic nitrogens is 1. The Bertz CT molecular complexity index is 423. The monoisotopic (exact) mass is 294 g/mol. The van der Waals surface area contributed by atoms with Crippen LogP contribution in [0.4, 0.5) is 13.2 Å². The van der Waals surface area contributed by atoms with Gasteiger partial charge in [0, 0.05) is 11.3 Å². The minimum atomic E-state index is -4.30. The molecule has 1 N–H and O–H groups in total. The normalized spacial score (nSPS) is 13.4. The molecule has 1 amide bonds. The van der Waals surface area contributed by atoms with Crippen LogP contribution in [0.25, 0.3) is 0 Å². The van der Waals surface area contributed by atoms with Gasteiger partial charge in [-0.3, -0.25) is 4.79 Å². The Hall–Kier alpha value is -1.11. The lowest BCUT2D eigenvalue weighted by Crippen LogP contribution is -2.29. The number of hydrogen-bond donors (Lipinski definition) is 1. The van der Waals surface area contributed by atoms with E-state index in [0.29, 0.717) is 6.42 Å². The van der Waals surface area contributed by atoms with Crippen molar-refractivity contribution in [3.05, 3.63) is 15.6 Å². The van der Waals surface area contributed by atoms with Crippen molar-refractivity contribution in [2.45, 2.75) is 52.3 Å². The smallest absolute Gasteiger partial charge is 0.347 e. The number of carbonyl (C=O) groups is 1. The average molecular weight is 294 g/mol. The van der Waals surface area contributed by atoms with E-state index in [2.05, 4.69) is 10.3 Å². The molecule has 0 unspecified atom stereocenters. The molecule has 0 radical (unpaired) electrons. The third-order valence-corrected chi connectivity index (χ3v) is 3.91. The minimum Gasteiger partial charge on any atom is -0.347 e. The van der Waals surface area contributed by atoms with E-state index in [0.717, 1.165) is 15.6 Å². The molecule has 0 fully saturated rings. The number of hydrogen-bond acceptors (Lipinski definition) is 3. The molecule has 7 heteroatoms. The van der Waals surface area contributed by atoms with Gasteiger partial charge >= 0.3 is 6.18 Å². The molecule has 1 aromatic rings. The summed E-state index contributed by atoms with van der Waals surface area (Å²) in [6, 6.07) is -0.307. The van der Waals surface area contributed by atoms with Crippen molar-refractivity contribution in [1.82, 2.24) is 10.3 Å². The van der Waals surface area contributed by atoms with Crippen LogP contribution in [0.5, 0.6) is 0 Å². The first-order chi connectivity index (χ1) is 8.73. The van der Waals surface area contributed by atoms with Crippen LogP contribution < -0.4 is 5.32 Å². The van der Waals surface area contributed by atoms with Crippen molar-refractivity contribution in [3.8, 4) is 0 Å². The zero-order chi connectivity index (χ0) is 14.6. The number of aryl methyl sites for hydroxylation is 2. The molecule has 0 aliphatic heterocycles. The van der Waals surface area contributed by atoms with Crippen molar-refractivity contribution < 1.29 is 18.0 Å². The van der Waals surface area contributed by atoms with Gasteiger partial charge in [-0.2, -0.15) is 13.2 Å². The Morgan fingerprint density at radius 3 is 2.47 bits per heavy atom. The summed E-state index contributed by atoms with van der Waals surface area (Å²) in [6.07, 6.45) is -5.33. The van der Waals surface area contributed by atoms with E-state index >= 15 is 0 Å². The number of halogens is 3. The molecule has 1 aromatic heterocycles. The van der Waals surface area contributed by atoms with Crippen LogP contribution >= 0.6 is 11.3 Å². The number of rotatable bonds is 5. The molecule has 0 aromatic carbocycles. The molecule has 0 saturated heterocycles. The SMILES string of the molecule is CC[C@H](NC(=O)CCC(F)(F)F)c1nc(C)c(C)s1. The van der Waals surface area contributed by atoms with Gasteiger partial charge in [0.05, 0.1) is 18.2 Å². The van der Waals surface area contributed by atoms with E-state index < -0.39 is 24.9 Å². The van der Waals surface area contributed by atoms with Gasteiger partial charge in [-0.1, -0.05) is 6.92 Å². The van der Waals surface area contributed by atoms with Crippen LogP contribution in [-0.2, 0) is 4.79 Å². The molecule has 0 spiro atoms. The van der Waals surface area contributed by atoms with Gasteiger partial charge in [0.25, 0.3) is 0 Å². The van der Waals surface area contributed by atoms with Crippen molar-refractivity contribution in [2.24, 2.45) is 0 Å². The molecule has 1 atom stereocenters. The molecule has 3 nitrogen and oxygen atoms in total. The van der Waals surface area contributed by atoms with E-state index in [1.54, 1.807) is 0 Å². The fourth-order valence-corrected chi connectivity index (χ4v) is 2.56. The average Bonchev–Trinajstić information content (AvgIpc) is 2.63. The van der Waals surface area contributed by atoms with Crippen molar-refractivity contribution in [2.75, 3.05) is 0 Å². The fraction of sp³-hybridized carbons (Fsp3) is 0.667. The van der Waals surface area contributed by atoms with Crippen molar-refractivity contribution in [1.29, 1.82) is 0 Å². The van der Waals surface area contributed by atoms with Gasteiger partial charge in [-0.25, -0.2) is 4.98 Å². The maximum Gasteiger partial charge on any atom is 0.389 e. The van der Waals surface area contributed by atoms with Gasteiger partial charge in [0.2, 0.25) is 5.91 Å². The Balaban J connectivity index is 2.60. The highest BCUT2D eigenvalue weighted by Gasteiger charge is 2.28. The zero-order valence-corrected chi connectivity index (χ0v) is 11.9. The van der Waals surface area contributed by atoms with E-state index in [1.807, 2.05) is 20.8 Å². The first-order valence-electron chi connectivity index (χ1n) is 6.03. The van der Waals surface area contributed by atoms with Crippen LogP contribution in [0.2, 0.25) is 0 Å². The summed E-state index contributed by atoms with van der Waals surface area (Å²) in [5.74, 6) is -0.588. The van der Waals surface area contributed by atoms with E-state index in [9.17, 15) is 18.0 Å². The number of carbonyl (C=O) groups excluding carboxylic acids is 1. The number of nitrogens with one attached hydrogen (secondary N) is 1. The second-order valence-electron chi connectivity index (χ2n) is 4.34. The van der Waals surface area contributed by atoms with Crippen LogP contribution in [0.3, 0.4) is 0 Å². The maximum atomic E-state index is 12.0. The molecular formula is C12H17F3N2OS. The van der Waals surface area contributed by atoms with Gasteiger partial charge in [0.1, 0.15) is 5.01 Å². The van der Waals surface area contributed by atoms with E-state index in [-0.39, 0.29) is 6.04 Å². The van der Waals surface area contributed by atoms with Crippen LogP contribution in [0.15, 0.2) is 0 Å². The molecule has 1 rings (SSSR count). The van der Waals surface area contributed by atoms with E-state index in [4.69, 9.17) is 0 Å². The lowest BCUT2D eigenvalue weighted by Gasteiger charge is -2.14. The van der Waals surface area contributed by atoms with Crippen molar-refractivity contribution >= 4 is 17.2 Å².